The second kappa shape index (κ2) is 10.6. The lowest BCUT2D eigenvalue weighted by Gasteiger charge is -2.36. The Kier molecular flexibility index (Phi) is 8.10. The molecule has 2 aromatic rings. The first kappa shape index (κ1) is 23.0. The fourth-order valence-corrected chi connectivity index (χ4v) is 4.10. The topological polar surface area (TPSA) is 43.8 Å². The van der Waals surface area contributed by atoms with Gasteiger partial charge in [-0.1, -0.05) is 12.1 Å². The van der Waals surface area contributed by atoms with Crippen LogP contribution in [0.2, 0.25) is 0 Å². The summed E-state index contributed by atoms with van der Waals surface area (Å²) in [5.41, 5.74) is 1.54. The number of thiazole rings is 1. The van der Waals surface area contributed by atoms with Crippen LogP contribution in [0.25, 0.3) is 0 Å². The summed E-state index contributed by atoms with van der Waals surface area (Å²) in [6, 6.07) is 8.21. The Bertz CT molecular complexity index is 783. The van der Waals surface area contributed by atoms with Crippen molar-refractivity contribution in [2.45, 2.75) is 38.6 Å². The van der Waals surface area contributed by atoms with Gasteiger partial charge < -0.3 is 14.2 Å². The van der Waals surface area contributed by atoms with Gasteiger partial charge in [-0.2, -0.15) is 13.2 Å². The van der Waals surface area contributed by atoms with Crippen LogP contribution < -0.4 is 4.74 Å². The van der Waals surface area contributed by atoms with Crippen molar-refractivity contribution < 1.29 is 27.4 Å². The molecule has 5 nitrogen and oxygen atoms in total. The van der Waals surface area contributed by atoms with Crippen LogP contribution in [0.4, 0.5) is 13.2 Å². The lowest BCUT2D eigenvalue weighted by atomic mass is 10.0. The van der Waals surface area contributed by atoms with Crippen molar-refractivity contribution in [3.05, 3.63) is 45.9 Å². The smallest absolute Gasteiger partial charge is 0.443 e. The zero-order chi connectivity index (χ0) is 21.6. The minimum absolute atomic E-state index is 0.224. The largest absolute Gasteiger partial charge is 0.491 e. The predicted octanol–water partition coefficient (Wildman–Crippen LogP) is 4.58. The van der Waals surface area contributed by atoms with Gasteiger partial charge >= 0.3 is 6.18 Å². The number of aromatic nitrogens is 1. The number of hydrogen-bond donors (Lipinski definition) is 0. The molecule has 0 bridgehead atoms. The van der Waals surface area contributed by atoms with E-state index in [-0.39, 0.29) is 6.04 Å². The van der Waals surface area contributed by atoms with E-state index in [1.807, 2.05) is 31.2 Å². The van der Waals surface area contributed by atoms with E-state index in [0.29, 0.717) is 50.0 Å². The van der Waals surface area contributed by atoms with Crippen molar-refractivity contribution in [2.24, 2.45) is 0 Å². The standard InChI is InChI=1S/C21H27F3N2O3S/c1-3-27-10-11-28-17-6-4-16(5-7-17)12-15(2)26-8-9-29-19(13-26)18-14-30-20(25-18)21(22,23)24/h4-7,14-15,19H,3,8-13H2,1-2H3. The third-order valence-electron chi connectivity index (χ3n) is 4.97. The Labute approximate surface area is 178 Å². The van der Waals surface area contributed by atoms with Crippen molar-refractivity contribution in [2.75, 3.05) is 39.5 Å². The SMILES string of the molecule is CCOCCOc1ccc(CC(C)N2CCOC(c3csc(C(F)(F)F)n3)C2)cc1. The first-order valence-corrected chi connectivity index (χ1v) is 10.9. The van der Waals surface area contributed by atoms with Crippen LogP contribution in [0.1, 0.15) is 36.2 Å². The number of nitrogens with zero attached hydrogens (tertiary/aromatic N) is 2. The van der Waals surface area contributed by atoms with Crippen LogP contribution in [0, 0.1) is 0 Å². The highest BCUT2D eigenvalue weighted by molar-refractivity contribution is 7.09. The van der Waals surface area contributed by atoms with Crippen LogP contribution in [-0.4, -0.2) is 55.4 Å². The molecule has 1 saturated heterocycles. The van der Waals surface area contributed by atoms with Crippen LogP contribution in [0.3, 0.4) is 0 Å². The van der Waals surface area contributed by atoms with Gasteiger partial charge in [0.05, 0.1) is 18.9 Å². The second-order valence-electron chi connectivity index (χ2n) is 7.17. The third-order valence-corrected chi connectivity index (χ3v) is 5.88. The Morgan fingerprint density at radius 3 is 2.70 bits per heavy atom. The molecular weight excluding hydrogens is 417 g/mol. The zero-order valence-corrected chi connectivity index (χ0v) is 18.0. The van der Waals surface area contributed by atoms with E-state index in [4.69, 9.17) is 14.2 Å². The summed E-state index contributed by atoms with van der Waals surface area (Å²) in [5.74, 6) is 0.807. The highest BCUT2D eigenvalue weighted by atomic mass is 32.1. The molecule has 1 aliphatic heterocycles. The molecular formula is C21H27F3N2O3S. The van der Waals surface area contributed by atoms with Crippen molar-refractivity contribution in [1.29, 1.82) is 0 Å². The summed E-state index contributed by atoms with van der Waals surface area (Å²) in [6.45, 7) is 7.57. The van der Waals surface area contributed by atoms with E-state index in [2.05, 4.69) is 16.8 Å². The third kappa shape index (κ3) is 6.41. The minimum Gasteiger partial charge on any atom is -0.491 e. The molecule has 1 fully saturated rings. The zero-order valence-electron chi connectivity index (χ0n) is 17.2. The molecule has 2 heterocycles. The monoisotopic (exact) mass is 444 g/mol. The van der Waals surface area contributed by atoms with Gasteiger partial charge in [0.1, 0.15) is 18.5 Å². The maximum Gasteiger partial charge on any atom is 0.443 e. The van der Waals surface area contributed by atoms with Gasteiger partial charge in [-0.3, -0.25) is 4.90 Å². The van der Waals surface area contributed by atoms with E-state index >= 15 is 0 Å². The quantitative estimate of drug-likeness (QED) is 0.530. The Morgan fingerprint density at radius 1 is 1.27 bits per heavy atom. The van der Waals surface area contributed by atoms with Crippen LogP contribution in [0.5, 0.6) is 5.75 Å². The lowest BCUT2D eigenvalue weighted by Crippen LogP contribution is -2.44. The van der Waals surface area contributed by atoms with Crippen molar-refractivity contribution in [3.63, 3.8) is 0 Å². The molecule has 0 spiro atoms. The fraction of sp³-hybridized carbons (Fsp3) is 0.571. The molecule has 1 aromatic heterocycles. The van der Waals surface area contributed by atoms with Crippen LogP contribution in [0.15, 0.2) is 29.6 Å². The van der Waals surface area contributed by atoms with Gasteiger partial charge in [0.15, 0.2) is 5.01 Å². The molecule has 0 N–H and O–H groups in total. The Balaban J connectivity index is 1.52. The molecule has 2 unspecified atom stereocenters. The van der Waals surface area contributed by atoms with Gasteiger partial charge in [-0.15, -0.1) is 11.3 Å². The molecule has 3 rings (SSSR count). The molecule has 1 aliphatic rings. The summed E-state index contributed by atoms with van der Waals surface area (Å²) in [6.07, 6.45) is -4.02. The summed E-state index contributed by atoms with van der Waals surface area (Å²) in [5, 5.41) is 0.626. The molecule has 166 valence electrons. The summed E-state index contributed by atoms with van der Waals surface area (Å²) in [7, 11) is 0. The molecule has 0 saturated carbocycles. The second-order valence-corrected chi connectivity index (χ2v) is 8.03. The number of halogens is 3. The first-order valence-electron chi connectivity index (χ1n) is 10.0. The number of benzene rings is 1. The van der Waals surface area contributed by atoms with E-state index in [0.717, 1.165) is 18.7 Å². The maximum absolute atomic E-state index is 12.8. The predicted molar refractivity (Wildman–Crippen MR) is 109 cm³/mol. The number of rotatable bonds is 9. The van der Waals surface area contributed by atoms with Gasteiger partial charge in [0.25, 0.3) is 0 Å². The lowest BCUT2D eigenvalue weighted by molar-refractivity contribution is -0.138. The number of hydrogen-bond acceptors (Lipinski definition) is 6. The summed E-state index contributed by atoms with van der Waals surface area (Å²) >= 11 is 0.618. The summed E-state index contributed by atoms with van der Waals surface area (Å²) in [4.78, 5) is 5.99. The minimum atomic E-state index is -4.41. The Hall–Kier alpha value is -1.68. The molecule has 9 heteroatoms. The maximum atomic E-state index is 12.8. The van der Waals surface area contributed by atoms with Gasteiger partial charge in [-0.25, -0.2) is 4.98 Å². The Morgan fingerprint density at radius 2 is 2.03 bits per heavy atom. The number of alkyl halides is 3. The molecule has 2 atom stereocenters. The molecule has 0 radical (unpaired) electrons. The van der Waals surface area contributed by atoms with Gasteiger partial charge in [-0.05, 0) is 38.0 Å². The molecule has 0 aliphatic carbocycles. The van der Waals surface area contributed by atoms with E-state index < -0.39 is 17.3 Å². The normalized spacial score (nSPS) is 19.0. The first-order chi connectivity index (χ1) is 14.4. The van der Waals surface area contributed by atoms with Crippen LogP contribution in [-0.2, 0) is 22.1 Å². The van der Waals surface area contributed by atoms with E-state index in [9.17, 15) is 13.2 Å². The van der Waals surface area contributed by atoms with Gasteiger partial charge in [0.2, 0.25) is 0 Å². The number of ether oxygens (including phenoxy) is 3. The number of morpholine rings is 1. The molecule has 30 heavy (non-hydrogen) atoms. The van der Waals surface area contributed by atoms with Gasteiger partial charge in [0, 0.05) is 31.1 Å². The fourth-order valence-electron chi connectivity index (χ4n) is 3.37. The molecule has 1 aromatic carbocycles. The average molecular weight is 445 g/mol. The van der Waals surface area contributed by atoms with Crippen molar-refractivity contribution in [3.8, 4) is 5.75 Å². The van der Waals surface area contributed by atoms with Crippen molar-refractivity contribution >= 4 is 11.3 Å². The highest BCUT2D eigenvalue weighted by Crippen LogP contribution is 2.34. The van der Waals surface area contributed by atoms with Crippen molar-refractivity contribution in [1.82, 2.24) is 9.88 Å². The molecule has 0 amide bonds. The van der Waals surface area contributed by atoms with Crippen LogP contribution >= 0.6 is 11.3 Å². The van der Waals surface area contributed by atoms with E-state index in [1.54, 1.807) is 0 Å². The van der Waals surface area contributed by atoms with E-state index in [1.165, 1.54) is 10.9 Å². The highest BCUT2D eigenvalue weighted by Gasteiger charge is 2.36. The summed E-state index contributed by atoms with van der Waals surface area (Å²) < 4.78 is 55.1. The average Bonchev–Trinajstić information content (AvgIpc) is 3.23.